The third-order valence-corrected chi connectivity index (χ3v) is 10.0. The summed E-state index contributed by atoms with van der Waals surface area (Å²) in [5.74, 6) is -0.896. The molecule has 0 saturated carbocycles. The SMILES string of the molecule is CC[C@@H](C)NC(=O)[C@@H](Cc1ccccc1)N(Cc1ccccc1Cl)C(=O)CN(c1ccccc1C)S(=O)(=O)c1ccc(Cl)cc1. The van der Waals surface area contributed by atoms with Crippen LogP contribution in [0.15, 0.2) is 108 Å². The normalized spacial score (nSPS) is 12.6. The van der Waals surface area contributed by atoms with Crippen molar-refractivity contribution in [2.75, 3.05) is 10.8 Å². The molecule has 4 aromatic carbocycles. The van der Waals surface area contributed by atoms with Gasteiger partial charge in [0.2, 0.25) is 11.8 Å². The van der Waals surface area contributed by atoms with Crippen LogP contribution in [0.25, 0.3) is 0 Å². The molecule has 0 saturated heterocycles. The van der Waals surface area contributed by atoms with Crippen LogP contribution in [0.5, 0.6) is 0 Å². The van der Waals surface area contributed by atoms with Crippen LogP contribution in [0.2, 0.25) is 10.0 Å². The number of para-hydroxylation sites is 1. The zero-order chi connectivity index (χ0) is 32.6. The summed E-state index contributed by atoms with van der Waals surface area (Å²) >= 11 is 12.6. The average Bonchev–Trinajstić information content (AvgIpc) is 3.03. The van der Waals surface area contributed by atoms with Crippen LogP contribution in [-0.2, 0) is 32.6 Å². The largest absolute Gasteiger partial charge is 0.352 e. The fraction of sp³-hybridized carbons (Fsp3) is 0.257. The maximum atomic E-state index is 14.6. The van der Waals surface area contributed by atoms with Crippen LogP contribution in [0.4, 0.5) is 5.69 Å². The molecule has 1 N–H and O–H groups in total. The first-order valence-corrected chi connectivity index (χ1v) is 16.9. The van der Waals surface area contributed by atoms with Gasteiger partial charge in [0.05, 0.1) is 10.6 Å². The standard InChI is InChI=1S/C35H37Cl2N3O4S/c1-4-26(3)38-35(42)33(22-27-13-6-5-7-14-27)39(23-28-15-9-10-16-31(28)37)34(41)24-40(32-17-11-8-12-25(32)2)45(43,44)30-20-18-29(36)19-21-30/h5-21,26,33H,4,22-24H2,1-3H3,(H,38,42)/t26-,33-/m1/s1. The van der Waals surface area contributed by atoms with E-state index in [1.165, 1.54) is 29.2 Å². The fourth-order valence-electron chi connectivity index (χ4n) is 4.90. The maximum absolute atomic E-state index is 14.6. The summed E-state index contributed by atoms with van der Waals surface area (Å²) in [6, 6.07) is 28.2. The number of sulfonamides is 1. The molecule has 0 aliphatic rings. The monoisotopic (exact) mass is 665 g/mol. The van der Waals surface area contributed by atoms with E-state index < -0.39 is 28.5 Å². The molecule has 0 aliphatic heterocycles. The molecule has 0 aromatic heterocycles. The van der Waals surface area contributed by atoms with E-state index in [9.17, 15) is 18.0 Å². The van der Waals surface area contributed by atoms with Gasteiger partial charge in [-0.25, -0.2) is 8.42 Å². The maximum Gasteiger partial charge on any atom is 0.264 e. The molecule has 0 radical (unpaired) electrons. The minimum absolute atomic E-state index is 0.00740. The summed E-state index contributed by atoms with van der Waals surface area (Å²) < 4.78 is 29.4. The quantitative estimate of drug-likeness (QED) is 0.166. The van der Waals surface area contributed by atoms with Crippen LogP contribution >= 0.6 is 23.2 Å². The van der Waals surface area contributed by atoms with Gasteiger partial charge in [-0.2, -0.15) is 0 Å². The molecule has 45 heavy (non-hydrogen) atoms. The van der Waals surface area contributed by atoms with Gasteiger partial charge in [0.25, 0.3) is 10.0 Å². The molecular weight excluding hydrogens is 629 g/mol. The van der Waals surface area contributed by atoms with Gasteiger partial charge >= 0.3 is 0 Å². The summed E-state index contributed by atoms with van der Waals surface area (Å²) in [4.78, 5) is 29.9. The van der Waals surface area contributed by atoms with Gasteiger partial charge in [0.1, 0.15) is 12.6 Å². The summed E-state index contributed by atoms with van der Waals surface area (Å²) in [7, 11) is -4.23. The van der Waals surface area contributed by atoms with Crippen LogP contribution in [0.3, 0.4) is 0 Å². The van der Waals surface area contributed by atoms with Crippen LogP contribution < -0.4 is 9.62 Å². The highest BCUT2D eigenvalue weighted by Gasteiger charge is 2.35. The third-order valence-electron chi connectivity index (χ3n) is 7.64. The highest BCUT2D eigenvalue weighted by atomic mass is 35.5. The number of amides is 2. The van der Waals surface area contributed by atoms with E-state index in [0.29, 0.717) is 33.3 Å². The first-order chi connectivity index (χ1) is 21.5. The van der Waals surface area contributed by atoms with E-state index in [-0.39, 0.29) is 29.8 Å². The van der Waals surface area contributed by atoms with Gasteiger partial charge in [-0.05, 0) is 73.4 Å². The van der Waals surface area contributed by atoms with Crippen molar-refractivity contribution in [3.8, 4) is 0 Å². The Bertz CT molecular complexity index is 1720. The molecule has 4 aromatic rings. The molecule has 0 bridgehead atoms. The first-order valence-electron chi connectivity index (χ1n) is 14.7. The zero-order valence-electron chi connectivity index (χ0n) is 25.5. The van der Waals surface area contributed by atoms with Gasteiger partial charge < -0.3 is 10.2 Å². The Kier molecular flexibility index (Phi) is 11.7. The van der Waals surface area contributed by atoms with Crippen molar-refractivity contribution in [2.24, 2.45) is 0 Å². The van der Waals surface area contributed by atoms with E-state index in [2.05, 4.69) is 5.32 Å². The van der Waals surface area contributed by atoms with Gasteiger partial charge in [-0.1, -0.05) is 96.9 Å². The lowest BCUT2D eigenvalue weighted by atomic mass is 10.0. The lowest BCUT2D eigenvalue weighted by molar-refractivity contribution is -0.140. The van der Waals surface area contributed by atoms with Crippen molar-refractivity contribution in [3.63, 3.8) is 0 Å². The second kappa shape index (κ2) is 15.4. The molecule has 0 heterocycles. The van der Waals surface area contributed by atoms with Crippen molar-refractivity contribution in [2.45, 2.75) is 57.1 Å². The molecule has 0 spiro atoms. The summed E-state index contributed by atoms with van der Waals surface area (Å²) in [6.07, 6.45) is 0.913. The van der Waals surface area contributed by atoms with Gasteiger partial charge in [0.15, 0.2) is 0 Å². The Morgan fingerprint density at radius 3 is 2.11 bits per heavy atom. The van der Waals surface area contributed by atoms with E-state index in [0.717, 1.165) is 9.87 Å². The molecule has 2 amide bonds. The number of halogens is 2. The number of benzene rings is 4. The number of anilines is 1. The minimum Gasteiger partial charge on any atom is -0.352 e. The van der Waals surface area contributed by atoms with E-state index in [4.69, 9.17) is 23.2 Å². The number of hydrogen-bond donors (Lipinski definition) is 1. The van der Waals surface area contributed by atoms with Crippen molar-refractivity contribution >= 4 is 50.7 Å². The first kappa shape index (κ1) is 34.0. The van der Waals surface area contributed by atoms with Crippen molar-refractivity contribution in [3.05, 3.63) is 130 Å². The smallest absolute Gasteiger partial charge is 0.264 e. The second-order valence-corrected chi connectivity index (χ2v) is 13.6. The number of aryl methyl sites for hydroxylation is 1. The molecule has 0 unspecified atom stereocenters. The van der Waals surface area contributed by atoms with Crippen molar-refractivity contribution in [1.29, 1.82) is 0 Å². The lowest BCUT2D eigenvalue weighted by Crippen LogP contribution is -2.54. The van der Waals surface area contributed by atoms with Crippen LogP contribution in [0, 0.1) is 6.92 Å². The molecule has 2 atom stereocenters. The predicted octanol–water partition coefficient (Wildman–Crippen LogP) is 7.05. The molecule has 0 aliphatic carbocycles. The molecule has 7 nitrogen and oxygen atoms in total. The Morgan fingerprint density at radius 2 is 1.47 bits per heavy atom. The number of nitrogens with one attached hydrogen (secondary N) is 1. The molecule has 236 valence electrons. The summed E-state index contributed by atoms with van der Waals surface area (Å²) in [5, 5.41) is 3.85. The van der Waals surface area contributed by atoms with Crippen molar-refractivity contribution < 1.29 is 18.0 Å². The molecule has 10 heteroatoms. The molecule has 4 rings (SSSR count). The number of rotatable bonds is 13. The minimum atomic E-state index is -4.23. The van der Waals surface area contributed by atoms with Gasteiger partial charge in [-0.15, -0.1) is 0 Å². The topological polar surface area (TPSA) is 86.8 Å². The van der Waals surface area contributed by atoms with Crippen LogP contribution in [-0.4, -0.2) is 43.8 Å². The summed E-state index contributed by atoms with van der Waals surface area (Å²) in [5.41, 5.74) is 2.49. The molecular formula is C35H37Cl2N3O4S. The van der Waals surface area contributed by atoms with E-state index in [1.54, 1.807) is 55.5 Å². The number of hydrogen-bond acceptors (Lipinski definition) is 4. The average molecular weight is 667 g/mol. The Labute approximate surface area is 275 Å². The number of nitrogens with zero attached hydrogens (tertiary/aromatic N) is 2. The number of carbonyl (C=O) groups excluding carboxylic acids is 2. The summed E-state index contributed by atoms with van der Waals surface area (Å²) in [6.45, 7) is 5.08. The highest BCUT2D eigenvalue weighted by Crippen LogP contribution is 2.29. The van der Waals surface area contributed by atoms with Gasteiger partial charge in [-0.3, -0.25) is 13.9 Å². The van der Waals surface area contributed by atoms with Crippen molar-refractivity contribution in [1.82, 2.24) is 10.2 Å². The van der Waals surface area contributed by atoms with E-state index in [1.807, 2.05) is 44.2 Å². The molecule has 0 fully saturated rings. The second-order valence-electron chi connectivity index (χ2n) is 10.9. The predicted molar refractivity (Wildman–Crippen MR) is 181 cm³/mol. The van der Waals surface area contributed by atoms with Gasteiger partial charge in [0, 0.05) is 29.1 Å². The van der Waals surface area contributed by atoms with Crippen LogP contribution in [0.1, 0.15) is 37.0 Å². The fourth-order valence-corrected chi connectivity index (χ4v) is 6.70. The lowest BCUT2D eigenvalue weighted by Gasteiger charge is -2.34. The Balaban J connectivity index is 1.83. The Morgan fingerprint density at radius 1 is 0.844 bits per heavy atom. The Hall–Kier alpha value is -3.85. The third kappa shape index (κ3) is 8.66. The number of carbonyl (C=O) groups is 2. The highest BCUT2D eigenvalue weighted by molar-refractivity contribution is 7.92. The zero-order valence-corrected chi connectivity index (χ0v) is 27.8. The van der Waals surface area contributed by atoms with E-state index >= 15 is 0 Å².